The Kier molecular flexibility index (Phi) is 5.78. The van der Waals surface area contributed by atoms with E-state index in [1.54, 1.807) is 7.11 Å². The van der Waals surface area contributed by atoms with Crippen LogP contribution in [0.15, 0.2) is 0 Å². The molecule has 0 aromatic rings. The molecule has 0 spiro atoms. The summed E-state index contributed by atoms with van der Waals surface area (Å²) in [5, 5.41) is 3.48. The molecule has 0 rings (SSSR count). The lowest BCUT2D eigenvalue weighted by Crippen LogP contribution is -2.47. The van der Waals surface area contributed by atoms with Gasteiger partial charge in [-0.15, -0.1) is 0 Å². The molecule has 0 aliphatic heterocycles. The molecule has 0 bridgehead atoms. The van der Waals surface area contributed by atoms with Gasteiger partial charge >= 0.3 is 0 Å². The van der Waals surface area contributed by atoms with Crippen LogP contribution in [0, 0.1) is 0 Å². The second kappa shape index (κ2) is 5.83. The summed E-state index contributed by atoms with van der Waals surface area (Å²) >= 11 is 0. The number of nitrogens with zero attached hydrogens (tertiary/aromatic N) is 1. The largest absolute Gasteiger partial charge is 0.379 e. The average Bonchev–Trinajstić information content (AvgIpc) is 2.12. The Balaban J connectivity index is 3.72. The summed E-state index contributed by atoms with van der Waals surface area (Å²) in [7, 11) is 5.99. The summed E-state index contributed by atoms with van der Waals surface area (Å²) in [5.41, 5.74) is 0.187. The molecule has 0 saturated heterocycles. The second-order valence-electron chi connectivity index (χ2n) is 5.60. The molecule has 0 amide bonds. The predicted octanol–water partition coefficient (Wildman–Crippen LogP) is 1.73. The van der Waals surface area contributed by atoms with Crippen molar-refractivity contribution in [2.75, 3.05) is 34.3 Å². The quantitative estimate of drug-likeness (QED) is 0.656. The van der Waals surface area contributed by atoms with Crippen LogP contribution in [-0.4, -0.2) is 50.3 Å². The Morgan fingerprint density at radius 3 is 2.07 bits per heavy atom. The van der Waals surface area contributed by atoms with Crippen LogP contribution in [0.25, 0.3) is 0 Å². The molecule has 0 aliphatic rings. The molecular weight excluding hydrogens is 188 g/mol. The van der Waals surface area contributed by atoms with Gasteiger partial charge in [0.1, 0.15) is 0 Å². The molecule has 0 radical (unpaired) electrons. The first-order valence-electron chi connectivity index (χ1n) is 5.64. The highest BCUT2D eigenvalue weighted by molar-refractivity contribution is 4.80. The Morgan fingerprint density at radius 1 is 1.13 bits per heavy atom. The number of likely N-dealkylation sites (N-methyl/N-ethyl adjacent to an activating group) is 1. The number of rotatable bonds is 7. The highest BCUT2D eigenvalue weighted by atomic mass is 16.5. The standard InChI is InChI=1S/C12H28N2O/c1-11(2,14(5)6)10-13-9-8-12(3,4)15-7/h13H,8-10H2,1-7H3. The van der Waals surface area contributed by atoms with Crippen LogP contribution in [0.4, 0.5) is 0 Å². The topological polar surface area (TPSA) is 24.5 Å². The summed E-state index contributed by atoms with van der Waals surface area (Å²) in [4.78, 5) is 2.24. The van der Waals surface area contributed by atoms with Gasteiger partial charge < -0.3 is 15.0 Å². The fraction of sp³-hybridized carbons (Fsp3) is 1.00. The third-order valence-electron chi connectivity index (χ3n) is 3.22. The summed E-state index contributed by atoms with van der Waals surface area (Å²) in [6.45, 7) is 10.7. The van der Waals surface area contributed by atoms with Gasteiger partial charge in [0.05, 0.1) is 5.60 Å². The van der Waals surface area contributed by atoms with E-state index in [0.29, 0.717) is 0 Å². The van der Waals surface area contributed by atoms with Gasteiger partial charge in [0.2, 0.25) is 0 Å². The van der Waals surface area contributed by atoms with E-state index in [-0.39, 0.29) is 11.1 Å². The molecular formula is C12H28N2O. The molecule has 1 N–H and O–H groups in total. The van der Waals surface area contributed by atoms with E-state index in [0.717, 1.165) is 19.5 Å². The van der Waals surface area contributed by atoms with Crippen LogP contribution in [0.2, 0.25) is 0 Å². The minimum atomic E-state index is -0.0186. The summed E-state index contributed by atoms with van der Waals surface area (Å²) in [6, 6.07) is 0. The zero-order chi connectivity index (χ0) is 12.1. The summed E-state index contributed by atoms with van der Waals surface area (Å²) in [6.07, 6.45) is 1.03. The SMILES string of the molecule is COC(C)(C)CCNCC(C)(C)N(C)C. The van der Waals surface area contributed by atoms with E-state index in [2.05, 4.69) is 52.0 Å². The summed E-state index contributed by atoms with van der Waals surface area (Å²) < 4.78 is 5.37. The van der Waals surface area contributed by atoms with E-state index >= 15 is 0 Å². The highest BCUT2D eigenvalue weighted by Gasteiger charge is 2.20. The van der Waals surface area contributed by atoms with Gasteiger partial charge in [-0.1, -0.05) is 0 Å². The molecule has 3 heteroatoms. The van der Waals surface area contributed by atoms with Crippen LogP contribution in [0.1, 0.15) is 34.1 Å². The molecule has 15 heavy (non-hydrogen) atoms. The normalized spacial score (nSPS) is 13.6. The molecule has 0 aliphatic carbocycles. The molecule has 3 nitrogen and oxygen atoms in total. The summed E-state index contributed by atoms with van der Waals surface area (Å²) in [5.74, 6) is 0. The zero-order valence-electron chi connectivity index (χ0n) is 11.5. The Morgan fingerprint density at radius 2 is 1.67 bits per heavy atom. The lowest BCUT2D eigenvalue weighted by atomic mass is 10.0. The van der Waals surface area contributed by atoms with Gasteiger partial charge in [-0.3, -0.25) is 0 Å². The van der Waals surface area contributed by atoms with E-state index < -0.39 is 0 Å². The maximum Gasteiger partial charge on any atom is 0.0634 e. The van der Waals surface area contributed by atoms with Crippen molar-refractivity contribution in [2.24, 2.45) is 0 Å². The number of nitrogens with one attached hydrogen (secondary N) is 1. The molecule has 0 aromatic carbocycles. The molecule has 0 atom stereocenters. The second-order valence-corrected chi connectivity index (χ2v) is 5.60. The molecule has 92 valence electrons. The number of hydrogen-bond donors (Lipinski definition) is 1. The van der Waals surface area contributed by atoms with Crippen molar-refractivity contribution in [2.45, 2.75) is 45.3 Å². The van der Waals surface area contributed by atoms with Gasteiger partial charge in [0.25, 0.3) is 0 Å². The van der Waals surface area contributed by atoms with E-state index in [1.807, 2.05) is 0 Å². The smallest absolute Gasteiger partial charge is 0.0634 e. The van der Waals surface area contributed by atoms with Crippen molar-refractivity contribution in [3.63, 3.8) is 0 Å². The van der Waals surface area contributed by atoms with Crippen molar-refractivity contribution in [1.82, 2.24) is 10.2 Å². The monoisotopic (exact) mass is 216 g/mol. The fourth-order valence-corrected chi connectivity index (χ4v) is 1.04. The lowest BCUT2D eigenvalue weighted by molar-refractivity contribution is 0.0152. The van der Waals surface area contributed by atoms with Crippen LogP contribution in [0.3, 0.4) is 0 Å². The first-order chi connectivity index (χ1) is 6.71. The van der Waals surface area contributed by atoms with Crippen LogP contribution in [-0.2, 0) is 4.74 Å². The first-order valence-corrected chi connectivity index (χ1v) is 5.64. The Hall–Kier alpha value is -0.120. The lowest BCUT2D eigenvalue weighted by Gasteiger charge is -2.33. The van der Waals surface area contributed by atoms with Gasteiger partial charge in [-0.25, -0.2) is 0 Å². The third-order valence-corrected chi connectivity index (χ3v) is 3.22. The van der Waals surface area contributed by atoms with Crippen molar-refractivity contribution in [3.05, 3.63) is 0 Å². The minimum Gasteiger partial charge on any atom is -0.379 e. The van der Waals surface area contributed by atoms with Crippen molar-refractivity contribution < 1.29 is 4.74 Å². The van der Waals surface area contributed by atoms with Gasteiger partial charge in [0, 0.05) is 19.2 Å². The first kappa shape index (κ1) is 14.9. The van der Waals surface area contributed by atoms with Crippen molar-refractivity contribution in [1.29, 1.82) is 0 Å². The average molecular weight is 216 g/mol. The van der Waals surface area contributed by atoms with Crippen LogP contribution < -0.4 is 5.32 Å². The van der Waals surface area contributed by atoms with E-state index in [4.69, 9.17) is 4.74 Å². The van der Waals surface area contributed by atoms with Crippen LogP contribution in [0.5, 0.6) is 0 Å². The number of methoxy groups -OCH3 is 1. The maximum atomic E-state index is 5.37. The molecule has 0 saturated carbocycles. The van der Waals surface area contributed by atoms with Crippen LogP contribution >= 0.6 is 0 Å². The molecule has 0 unspecified atom stereocenters. The minimum absolute atomic E-state index is 0.0186. The van der Waals surface area contributed by atoms with E-state index in [1.165, 1.54) is 0 Å². The van der Waals surface area contributed by atoms with Gasteiger partial charge in [-0.05, 0) is 54.8 Å². The fourth-order valence-electron chi connectivity index (χ4n) is 1.04. The molecule has 0 fully saturated rings. The Labute approximate surface area is 95.2 Å². The highest BCUT2D eigenvalue weighted by Crippen LogP contribution is 2.12. The van der Waals surface area contributed by atoms with Crippen molar-refractivity contribution >= 4 is 0 Å². The zero-order valence-corrected chi connectivity index (χ0v) is 11.5. The predicted molar refractivity (Wildman–Crippen MR) is 66.3 cm³/mol. The van der Waals surface area contributed by atoms with Gasteiger partial charge in [-0.2, -0.15) is 0 Å². The van der Waals surface area contributed by atoms with E-state index in [9.17, 15) is 0 Å². The third kappa shape index (κ3) is 6.13. The Bertz CT molecular complexity index is 176. The van der Waals surface area contributed by atoms with Crippen molar-refractivity contribution in [3.8, 4) is 0 Å². The maximum absolute atomic E-state index is 5.37. The van der Waals surface area contributed by atoms with Gasteiger partial charge in [0.15, 0.2) is 0 Å². The number of ether oxygens (including phenoxy) is 1. The number of hydrogen-bond acceptors (Lipinski definition) is 3. The molecule has 0 aromatic heterocycles. The molecule has 0 heterocycles.